The average molecular weight is 262 g/mol. The fourth-order valence-electron chi connectivity index (χ4n) is 1.25. The molecule has 1 aromatic carbocycles. The number of nitrogens with zero attached hydrogens (tertiary/aromatic N) is 1. The van der Waals surface area contributed by atoms with Gasteiger partial charge in [0.1, 0.15) is 0 Å². The maximum Gasteiger partial charge on any atom is 0.281 e. The van der Waals surface area contributed by atoms with Crippen LogP contribution in [0, 0.1) is 0 Å². The summed E-state index contributed by atoms with van der Waals surface area (Å²) in [6, 6.07) is 7.73. The molecule has 0 aliphatic carbocycles. The summed E-state index contributed by atoms with van der Waals surface area (Å²) in [6.45, 7) is 0. The van der Waals surface area contributed by atoms with Crippen LogP contribution in [0.5, 0.6) is 11.5 Å². The predicted octanol–water partition coefficient (Wildman–Crippen LogP) is 1.92. The molecule has 1 aromatic heterocycles. The topological polar surface area (TPSA) is 81.9 Å². The molecule has 0 aliphatic rings. The number of thiophene rings is 1. The Kier molecular flexibility index (Phi) is 3.59. The van der Waals surface area contributed by atoms with Gasteiger partial charge in [-0.2, -0.15) is 5.10 Å². The molecule has 18 heavy (non-hydrogen) atoms. The molecule has 0 spiro atoms. The van der Waals surface area contributed by atoms with Gasteiger partial charge in [0.25, 0.3) is 5.91 Å². The quantitative estimate of drug-likeness (QED) is 0.449. The number of carbonyl (C=O) groups excluding carboxylic acids is 1. The molecular weight excluding hydrogens is 252 g/mol. The van der Waals surface area contributed by atoms with Crippen molar-refractivity contribution in [3.05, 3.63) is 46.2 Å². The minimum atomic E-state index is -0.288. The maximum absolute atomic E-state index is 11.5. The van der Waals surface area contributed by atoms with E-state index < -0.39 is 0 Å². The monoisotopic (exact) mass is 262 g/mol. The van der Waals surface area contributed by atoms with E-state index in [0.29, 0.717) is 10.4 Å². The molecule has 0 fully saturated rings. The van der Waals surface area contributed by atoms with E-state index in [-0.39, 0.29) is 17.4 Å². The first kappa shape index (κ1) is 12.1. The fraction of sp³-hybridized carbons (Fsp3) is 0. The lowest BCUT2D eigenvalue weighted by molar-refractivity contribution is 0.0959. The number of benzene rings is 1. The molecule has 1 amide bonds. The molecule has 0 bridgehead atoms. The number of aromatic hydroxyl groups is 2. The van der Waals surface area contributed by atoms with Crippen molar-refractivity contribution in [2.75, 3.05) is 0 Å². The SMILES string of the molecule is O=C(N/N=C\c1ccc(O)c(O)c1)c1cccs1. The fourth-order valence-corrected chi connectivity index (χ4v) is 1.86. The molecule has 5 nitrogen and oxygen atoms in total. The van der Waals surface area contributed by atoms with Gasteiger partial charge in [0.2, 0.25) is 0 Å². The number of amides is 1. The summed E-state index contributed by atoms with van der Waals surface area (Å²) in [5.74, 6) is -0.720. The first-order chi connectivity index (χ1) is 8.66. The van der Waals surface area contributed by atoms with Gasteiger partial charge in [0, 0.05) is 0 Å². The molecule has 2 aromatic rings. The van der Waals surface area contributed by atoms with Crippen LogP contribution in [-0.4, -0.2) is 22.3 Å². The van der Waals surface area contributed by atoms with Crippen molar-refractivity contribution in [2.45, 2.75) is 0 Å². The summed E-state index contributed by atoms with van der Waals surface area (Å²) in [6.07, 6.45) is 1.38. The number of phenols is 2. The summed E-state index contributed by atoms with van der Waals surface area (Å²) >= 11 is 1.32. The van der Waals surface area contributed by atoms with Gasteiger partial charge in [-0.3, -0.25) is 4.79 Å². The van der Waals surface area contributed by atoms with Gasteiger partial charge in [-0.1, -0.05) is 6.07 Å². The van der Waals surface area contributed by atoms with Gasteiger partial charge < -0.3 is 10.2 Å². The molecule has 6 heteroatoms. The van der Waals surface area contributed by atoms with Crippen molar-refractivity contribution in [1.82, 2.24) is 5.43 Å². The van der Waals surface area contributed by atoms with E-state index in [1.807, 2.05) is 0 Å². The van der Waals surface area contributed by atoms with Crippen LogP contribution in [0.1, 0.15) is 15.2 Å². The first-order valence-electron chi connectivity index (χ1n) is 5.06. The van der Waals surface area contributed by atoms with Crippen molar-refractivity contribution >= 4 is 23.5 Å². The second-order valence-corrected chi connectivity index (χ2v) is 4.37. The number of hydrazone groups is 1. The average Bonchev–Trinajstić information content (AvgIpc) is 2.87. The molecule has 92 valence electrons. The van der Waals surface area contributed by atoms with E-state index in [9.17, 15) is 9.90 Å². The molecular formula is C12H10N2O3S. The molecule has 1 heterocycles. The standard InChI is InChI=1S/C12H10N2O3S/c15-9-4-3-8(6-10(9)16)7-13-14-12(17)11-2-1-5-18-11/h1-7,15-16H,(H,14,17)/b13-7-. The second kappa shape index (κ2) is 5.33. The van der Waals surface area contributed by atoms with Crippen molar-refractivity contribution in [1.29, 1.82) is 0 Å². The van der Waals surface area contributed by atoms with E-state index in [4.69, 9.17) is 5.11 Å². The minimum absolute atomic E-state index is 0.199. The largest absolute Gasteiger partial charge is 0.504 e. The smallest absolute Gasteiger partial charge is 0.281 e. The Labute approximate surface area is 107 Å². The number of carbonyl (C=O) groups is 1. The van der Waals surface area contributed by atoms with Gasteiger partial charge in [0.05, 0.1) is 11.1 Å². The van der Waals surface area contributed by atoms with Crippen molar-refractivity contribution in [3.8, 4) is 11.5 Å². The molecule has 2 rings (SSSR count). The van der Waals surface area contributed by atoms with Crippen molar-refractivity contribution in [2.24, 2.45) is 5.10 Å². The molecule has 0 atom stereocenters. The van der Waals surface area contributed by atoms with Crippen LogP contribution in [0.25, 0.3) is 0 Å². The van der Waals surface area contributed by atoms with Crippen LogP contribution >= 0.6 is 11.3 Å². The second-order valence-electron chi connectivity index (χ2n) is 3.42. The minimum Gasteiger partial charge on any atom is -0.504 e. The molecule has 3 N–H and O–H groups in total. The van der Waals surface area contributed by atoms with E-state index in [2.05, 4.69) is 10.5 Å². The van der Waals surface area contributed by atoms with Crippen LogP contribution in [0.4, 0.5) is 0 Å². The predicted molar refractivity (Wildman–Crippen MR) is 69.2 cm³/mol. The Morgan fingerprint density at radius 3 is 2.78 bits per heavy atom. The highest BCUT2D eigenvalue weighted by atomic mass is 32.1. The zero-order chi connectivity index (χ0) is 13.0. The van der Waals surface area contributed by atoms with Crippen LogP contribution in [0.3, 0.4) is 0 Å². The summed E-state index contributed by atoms with van der Waals surface area (Å²) in [5, 5.41) is 23.9. The summed E-state index contributed by atoms with van der Waals surface area (Å²) in [4.78, 5) is 12.1. The highest BCUT2D eigenvalue weighted by molar-refractivity contribution is 7.12. The third-order valence-electron chi connectivity index (χ3n) is 2.12. The van der Waals surface area contributed by atoms with Crippen LogP contribution < -0.4 is 5.43 Å². The molecule has 0 unspecified atom stereocenters. The Morgan fingerprint density at radius 1 is 1.28 bits per heavy atom. The molecule has 0 aliphatic heterocycles. The maximum atomic E-state index is 11.5. The van der Waals surface area contributed by atoms with Crippen LogP contribution in [-0.2, 0) is 0 Å². The lowest BCUT2D eigenvalue weighted by atomic mass is 10.2. The summed E-state index contributed by atoms with van der Waals surface area (Å²) in [5.41, 5.74) is 2.93. The van der Waals surface area contributed by atoms with Gasteiger partial charge >= 0.3 is 0 Å². The molecule has 0 saturated heterocycles. The summed E-state index contributed by atoms with van der Waals surface area (Å²) in [7, 11) is 0. The number of hydrogen-bond acceptors (Lipinski definition) is 5. The summed E-state index contributed by atoms with van der Waals surface area (Å²) < 4.78 is 0. The highest BCUT2D eigenvalue weighted by Crippen LogP contribution is 2.23. The van der Waals surface area contributed by atoms with E-state index in [0.717, 1.165) is 0 Å². The van der Waals surface area contributed by atoms with E-state index in [1.165, 1.54) is 29.7 Å². The van der Waals surface area contributed by atoms with Gasteiger partial charge in [-0.25, -0.2) is 5.43 Å². The van der Waals surface area contributed by atoms with Gasteiger partial charge in [0.15, 0.2) is 11.5 Å². The van der Waals surface area contributed by atoms with Crippen LogP contribution in [0.2, 0.25) is 0 Å². The van der Waals surface area contributed by atoms with Crippen molar-refractivity contribution < 1.29 is 15.0 Å². The lowest BCUT2D eigenvalue weighted by Gasteiger charge is -1.98. The number of hydrogen-bond donors (Lipinski definition) is 3. The number of rotatable bonds is 3. The third-order valence-corrected chi connectivity index (χ3v) is 2.99. The van der Waals surface area contributed by atoms with Crippen molar-refractivity contribution in [3.63, 3.8) is 0 Å². The molecule has 0 saturated carbocycles. The number of phenolic OH excluding ortho intramolecular Hbond substituents is 2. The Balaban J connectivity index is 1.99. The number of nitrogens with one attached hydrogen (secondary N) is 1. The lowest BCUT2D eigenvalue weighted by Crippen LogP contribution is -2.16. The molecule has 0 radical (unpaired) electrons. The normalized spacial score (nSPS) is 10.7. The van der Waals surface area contributed by atoms with Gasteiger partial charge in [-0.15, -0.1) is 11.3 Å². The van der Waals surface area contributed by atoms with E-state index >= 15 is 0 Å². The zero-order valence-electron chi connectivity index (χ0n) is 9.20. The first-order valence-corrected chi connectivity index (χ1v) is 5.93. The Bertz CT molecular complexity index is 579. The zero-order valence-corrected chi connectivity index (χ0v) is 10.0. The van der Waals surface area contributed by atoms with Gasteiger partial charge in [-0.05, 0) is 35.2 Å². The Morgan fingerprint density at radius 2 is 2.11 bits per heavy atom. The van der Waals surface area contributed by atoms with E-state index in [1.54, 1.807) is 23.6 Å². The highest BCUT2D eigenvalue weighted by Gasteiger charge is 2.03. The third kappa shape index (κ3) is 2.86. The van der Waals surface area contributed by atoms with Crippen LogP contribution in [0.15, 0.2) is 40.8 Å². The Hall–Kier alpha value is -2.34.